The van der Waals surface area contributed by atoms with Crippen LogP contribution in [-0.2, 0) is 11.5 Å². The van der Waals surface area contributed by atoms with Gasteiger partial charge >= 0.3 is 0 Å². The van der Waals surface area contributed by atoms with Gasteiger partial charge in [0.15, 0.2) is 0 Å². The van der Waals surface area contributed by atoms with Crippen LogP contribution in [-0.4, -0.2) is 28.7 Å². The molecule has 0 amide bonds. The normalized spacial score (nSPS) is 13.9. The van der Waals surface area contributed by atoms with Gasteiger partial charge in [-0.15, -0.1) is 0 Å². The topological polar surface area (TPSA) is 47.3 Å². The molecule has 0 saturated heterocycles. The third kappa shape index (κ3) is 2.98. The van der Waals surface area contributed by atoms with Crippen LogP contribution in [0.15, 0.2) is 18.2 Å². The van der Waals surface area contributed by atoms with Crippen molar-refractivity contribution in [2.24, 2.45) is 0 Å². The highest BCUT2D eigenvalue weighted by Crippen LogP contribution is 2.23. The minimum Gasteiger partial charge on any atom is -0.508 e. The number of aryl methyl sites for hydroxylation is 1. The van der Waals surface area contributed by atoms with E-state index in [0.29, 0.717) is 6.73 Å². The summed E-state index contributed by atoms with van der Waals surface area (Å²) >= 11 is 0. The molecular weight excluding hydrogens is 256 g/mol. The quantitative estimate of drug-likeness (QED) is 0.873. The number of aromatic hydroxyl groups is 1. The summed E-state index contributed by atoms with van der Waals surface area (Å²) in [4.78, 5) is 0. The molecule has 0 aliphatic rings. The maximum absolute atomic E-state index is 9.60. The van der Waals surface area contributed by atoms with Gasteiger partial charge in [-0.3, -0.25) is 0 Å². The summed E-state index contributed by atoms with van der Waals surface area (Å²) < 4.78 is 7.75. The first-order valence-corrected chi connectivity index (χ1v) is 10.1. The smallest absolute Gasteiger partial charge is 0.139 e. The second-order valence-electron chi connectivity index (χ2n) is 6.09. The van der Waals surface area contributed by atoms with Crippen LogP contribution in [0.1, 0.15) is 12.6 Å². The Hall–Kier alpha value is -1.33. The van der Waals surface area contributed by atoms with Crippen LogP contribution in [0.4, 0.5) is 0 Å². The van der Waals surface area contributed by atoms with Crippen molar-refractivity contribution >= 4 is 19.0 Å². The van der Waals surface area contributed by atoms with Crippen molar-refractivity contribution in [1.29, 1.82) is 0 Å². The highest BCUT2D eigenvalue weighted by atomic mass is 28.3. The lowest BCUT2D eigenvalue weighted by molar-refractivity contribution is 0.0516. The zero-order valence-corrected chi connectivity index (χ0v) is 13.3. The molecule has 1 aromatic heterocycles. The number of hydrogen-bond donors (Lipinski definition) is 1. The Labute approximate surface area is 115 Å². The van der Waals surface area contributed by atoms with Crippen LogP contribution < -0.4 is 0 Å². The van der Waals surface area contributed by atoms with E-state index >= 15 is 0 Å². The van der Waals surface area contributed by atoms with Crippen LogP contribution >= 0.6 is 0 Å². The molecule has 0 spiro atoms. The van der Waals surface area contributed by atoms with Crippen molar-refractivity contribution in [3.63, 3.8) is 0 Å². The van der Waals surface area contributed by atoms with Crippen molar-refractivity contribution in [3.05, 3.63) is 23.9 Å². The lowest BCUT2D eigenvalue weighted by Crippen LogP contribution is -2.38. The third-order valence-corrected chi connectivity index (χ3v) is 6.19. The van der Waals surface area contributed by atoms with Crippen LogP contribution in [0, 0.1) is 6.92 Å². The molecule has 0 fully saturated rings. The fourth-order valence-electron chi connectivity index (χ4n) is 1.86. The monoisotopic (exact) mass is 278 g/mol. The molecule has 1 unspecified atom stereocenters. The first-order chi connectivity index (χ1) is 8.79. The number of phenols is 1. The summed E-state index contributed by atoms with van der Waals surface area (Å²) in [6, 6.07) is 5.32. The van der Waals surface area contributed by atoms with Gasteiger partial charge in [-0.05, 0) is 26.0 Å². The summed E-state index contributed by atoms with van der Waals surface area (Å²) in [7, 11) is -1.30. The minimum absolute atomic E-state index is 0.256. The van der Waals surface area contributed by atoms with Crippen LogP contribution in [0.2, 0.25) is 19.6 Å². The van der Waals surface area contributed by atoms with E-state index in [0.717, 1.165) is 16.6 Å². The van der Waals surface area contributed by atoms with Crippen molar-refractivity contribution in [3.8, 4) is 5.75 Å². The fraction of sp³-hybridized carbons (Fsp3) is 0.500. The number of benzene rings is 1. The van der Waals surface area contributed by atoms with Crippen molar-refractivity contribution < 1.29 is 9.84 Å². The molecule has 5 heteroatoms. The molecule has 1 aromatic carbocycles. The molecule has 2 rings (SSSR count). The molecule has 19 heavy (non-hydrogen) atoms. The minimum atomic E-state index is -1.30. The number of nitrogens with zero attached hydrogens (tertiary/aromatic N) is 2. The molecule has 104 valence electrons. The summed E-state index contributed by atoms with van der Waals surface area (Å²) in [5.74, 6) is 0.256. The average Bonchev–Trinajstić information content (AvgIpc) is 2.61. The maximum atomic E-state index is 9.60. The van der Waals surface area contributed by atoms with Gasteiger partial charge in [-0.1, -0.05) is 19.6 Å². The number of hydrogen-bond acceptors (Lipinski definition) is 3. The Morgan fingerprint density at radius 2 is 2.05 bits per heavy atom. The Bertz CT molecular complexity index is 587. The van der Waals surface area contributed by atoms with Crippen molar-refractivity contribution in [2.75, 3.05) is 0 Å². The molecule has 1 N–H and O–H groups in total. The first-order valence-electron chi connectivity index (χ1n) is 6.57. The van der Waals surface area contributed by atoms with Crippen molar-refractivity contribution in [2.45, 2.75) is 45.9 Å². The molecule has 0 saturated carbocycles. The van der Waals surface area contributed by atoms with Gasteiger partial charge < -0.3 is 9.84 Å². The second kappa shape index (κ2) is 4.98. The number of ether oxygens (including phenoxy) is 1. The van der Waals surface area contributed by atoms with E-state index in [4.69, 9.17) is 4.74 Å². The van der Waals surface area contributed by atoms with Crippen LogP contribution in [0.5, 0.6) is 5.75 Å². The molecule has 4 nitrogen and oxygen atoms in total. The first kappa shape index (κ1) is 14.1. The molecule has 2 aromatic rings. The van der Waals surface area contributed by atoms with E-state index in [-0.39, 0.29) is 11.5 Å². The lowest BCUT2D eigenvalue weighted by Gasteiger charge is -2.25. The standard InChI is InChI=1S/C14H22N2O2Si/c1-10-13-7-6-12(17)8-14(13)16(15-10)9-18-11(2)19(3,4)5/h6-8,11,17H,9H2,1-5H3. The molecule has 0 aliphatic heterocycles. The summed E-state index contributed by atoms with van der Waals surface area (Å²) in [6.07, 6.45) is 0. The Morgan fingerprint density at radius 1 is 1.37 bits per heavy atom. The molecule has 0 radical (unpaired) electrons. The number of rotatable bonds is 4. The van der Waals surface area contributed by atoms with E-state index in [1.54, 1.807) is 12.1 Å². The van der Waals surface area contributed by atoms with Gasteiger partial charge in [-0.2, -0.15) is 5.10 Å². The SMILES string of the molecule is Cc1nn(COC(C)[Si](C)(C)C)c2cc(O)ccc12. The van der Waals surface area contributed by atoms with E-state index in [1.807, 2.05) is 17.7 Å². The number of fused-ring (bicyclic) bond motifs is 1. The van der Waals surface area contributed by atoms with Gasteiger partial charge in [0.1, 0.15) is 12.5 Å². The van der Waals surface area contributed by atoms with Gasteiger partial charge in [0.2, 0.25) is 0 Å². The summed E-state index contributed by atoms with van der Waals surface area (Å²) in [5.41, 5.74) is 2.14. The summed E-state index contributed by atoms with van der Waals surface area (Å²) in [5, 5.41) is 15.1. The van der Waals surface area contributed by atoms with Crippen molar-refractivity contribution in [1.82, 2.24) is 9.78 Å². The summed E-state index contributed by atoms with van der Waals surface area (Å²) in [6.45, 7) is 11.4. The van der Waals surface area contributed by atoms with E-state index in [9.17, 15) is 5.11 Å². The molecule has 0 aliphatic carbocycles. The van der Waals surface area contributed by atoms with Gasteiger partial charge in [0.25, 0.3) is 0 Å². The lowest BCUT2D eigenvalue weighted by atomic mass is 10.2. The second-order valence-corrected chi connectivity index (χ2v) is 11.6. The van der Waals surface area contributed by atoms with E-state index in [2.05, 4.69) is 31.7 Å². The molecule has 1 heterocycles. The predicted octanol–water partition coefficient (Wildman–Crippen LogP) is 3.29. The Kier molecular flexibility index (Phi) is 3.69. The highest BCUT2D eigenvalue weighted by Gasteiger charge is 2.23. The highest BCUT2D eigenvalue weighted by molar-refractivity contribution is 6.77. The van der Waals surface area contributed by atoms with Gasteiger partial charge in [0.05, 0.1) is 19.3 Å². The van der Waals surface area contributed by atoms with E-state index < -0.39 is 8.07 Å². The number of phenolic OH excluding ortho intramolecular Hbond substituents is 1. The number of aromatic nitrogens is 2. The van der Waals surface area contributed by atoms with E-state index in [1.165, 1.54) is 0 Å². The van der Waals surface area contributed by atoms with Crippen LogP contribution in [0.25, 0.3) is 10.9 Å². The average molecular weight is 278 g/mol. The Morgan fingerprint density at radius 3 is 2.68 bits per heavy atom. The maximum Gasteiger partial charge on any atom is 0.139 e. The van der Waals surface area contributed by atoms with Gasteiger partial charge in [0, 0.05) is 17.2 Å². The molecule has 1 atom stereocenters. The molecular formula is C14H22N2O2Si. The third-order valence-electron chi connectivity index (χ3n) is 3.59. The zero-order chi connectivity index (χ0) is 14.2. The van der Waals surface area contributed by atoms with Gasteiger partial charge in [-0.25, -0.2) is 4.68 Å². The Balaban J connectivity index is 2.24. The van der Waals surface area contributed by atoms with Crippen LogP contribution in [0.3, 0.4) is 0 Å². The zero-order valence-electron chi connectivity index (χ0n) is 12.3. The largest absolute Gasteiger partial charge is 0.508 e. The fourth-order valence-corrected chi connectivity index (χ4v) is 2.43. The molecule has 0 bridgehead atoms. The predicted molar refractivity (Wildman–Crippen MR) is 80.0 cm³/mol.